The Morgan fingerprint density at radius 3 is 2.02 bits per heavy atom. The first-order chi connectivity index (χ1) is 21.9. The highest BCUT2D eigenvalue weighted by Crippen LogP contribution is 2.42. The molecular formula is C34H32Cl2N6O3. The second-order valence-corrected chi connectivity index (χ2v) is 12.3. The van der Waals surface area contributed by atoms with Crippen LogP contribution in [0.5, 0.6) is 11.8 Å². The third-order valence-electron chi connectivity index (χ3n) is 8.64. The van der Waals surface area contributed by atoms with Crippen LogP contribution < -0.4 is 20.1 Å². The van der Waals surface area contributed by atoms with Gasteiger partial charge in [0, 0.05) is 60.4 Å². The largest absolute Gasteiger partial charge is 0.481 e. The van der Waals surface area contributed by atoms with Gasteiger partial charge in [0.2, 0.25) is 17.7 Å². The van der Waals surface area contributed by atoms with Crippen LogP contribution in [0.3, 0.4) is 0 Å². The van der Waals surface area contributed by atoms with Gasteiger partial charge in [-0.3, -0.25) is 14.7 Å². The molecule has 0 unspecified atom stereocenters. The van der Waals surface area contributed by atoms with Crippen molar-refractivity contribution in [3.8, 4) is 45.4 Å². The summed E-state index contributed by atoms with van der Waals surface area (Å²) in [5, 5.41) is 7.47. The Morgan fingerprint density at radius 1 is 0.822 bits per heavy atom. The highest BCUT2D eigenvalue weighted by atomic mass is 35.5. The molecule has 45 heavy (non-hydrogen) atoms. The maximum Gasteiger partial charge on any atom is 0.224 e. The zero-order chi connectivity index (χ0) is 31.1. The number of likely N-dealkylation sites (tertiary alicyclic amines) is 1. The Morgan fingerprint density at radius 2 is 1.44 bits per heavy atom. The van der Waals surface area contributed by atoms with Crippen LogP contribution in [0, 0.1) is 0 Å². The van der Waals surface area contributed by atoms with Crippen LogP contribution >= 0.6 is 23.2 Å². The van der Waals surface area contributed by atoms with E-state index < -0.39 is 0 Å². The number of amides is 1. The molecule has 0 atom stereocenters. The molecule has 2 fully saturated rings. The Balaban J connectivity index is 1.16. The third-order valence-corrected chi connectivity index (χ3v) is 9.45. The summed E-state index contributed by atoms with van der Waals surface area (Å²) in [4.78, 5) is 28.1. The highest BCUT2D eigenvalue weighted by molar-refractivity contribution is 6.39. The number of hydrogen-bond donors (Lipinski definition) is 2. The first-order valence-corrected chi connectivity index (χ1v) is 15.6. The average Bonchev–Trinajstić information content (AvgIpc) is 3.72. The number of aromatic nitrogens is 2. The van der Waals surface area contributed by atoms with E-state index in [2.05, 4.69) is 20.5 Å². The summed E-state index contributed by atoms with van der Waals surface area (Å²) in [6, 6.07) is 19.5. The molecule has 1 spiro atoms. The zero-order valence-corrected chi connectivity index (χ0v) is 26.5. The molecular weight excluding hydrogens is 611 g/mol. The van der Waals surface area contributed by atoms with Gasteiger partial charge in [-0.15, -0.1) is 0 Å². The summed E-state index contributed by atoms with van der Waals surface area (Å²) in [6.07, 6.45) is 1.50. The SMILES string of the molecule is COc1nc(-c2cccc(-c3cccc(-c4ccc(C5=NCCN5)c(OC)n4)c3Cl)c2Cl)ccc1CN1CC2(CCC(=O)N2)C1. The van der Waals surface area contributed by atoms with Crippen molar-refractivity contribution in [2.75, 3.05) is 40.4 Å². The molecule has 0 bridgehead atoms. The second-order valence-electron chi connectivity index (χ2n) is 11.6. The van der Waals surface area contributed by atoms with Crippen LogP contribution in [0.4, 0.5) is 0 Å². The van der Waals surface area contributed by atoms with Crippen molar-refractivity contribution in [3.63, 3.8) is 0 Å². The van der Waals surface area contributed by atoms with Crippen LogP contribution in [0.15, 0.2) is 65.7 Å². The molecule has 2 aromatic carbocycles. The number of halogens is 2. The number of ether oxygens (including phenoxy) is 2. The molecule has 0 radical (unpaired) electrons. The van der Waals surface area contributed by atoms with Gasteiger partial charge in [-0.1, -0.05) is 65.7 Å². The van der Waals surface area contributed by atoms with Crippen LogP contribution in [-0.4, -0.2) is 72.5 Å². The van der Waals surface area contributed by atoms with E-state index in [0.29, 0.717) is 46.2 Å². The number of nitrogens with zero attached hydrogens (tertiary/aromatic N) is 4. The lowest BCUT2D eigenvalue weighted by Gasteiger charge is -2.48. The number of pyridine rings is 2. The number of benzene rings is 2. The van der Waals surface area contributed by atoms with Crippen LogP contribution in [0.25, 0.3) is 33.6 Å². The van der Waals surface area contributed by atoms with E-state index in [1.54, 1.807) is 14.2 Å². The number of nitrogens with one attached hydrogen (secondary N) is 2. The number of hydrogen-bond acceptors (Lipinski definition) is 8. The lowest BCUT2D eigenvalue weighted by atomic mass is 9.88. The van der Waals surface area contributed by atoms with E-state index in [1.807, 2.05) is 60.7 Å². The number of methoxy groups -OCH3 is 2. The molecule has 11 heteroatoms. The zero-order valence-electron chi connectivity index (χ0n) is 25.0. The van der Waals surface area contributed by atoms with E-state index in [4.69, 9.17) is 42.6 Å². The number of carbonyl (C=O) groups is 1. The van der Waals surface area contributed by atoms with Gasteiger partial charge in [-0.05, 0) is 24.6 Å². The van der Waals surface area contributed by atoms with Crippen molar-refractivity contribution in [2.24, 2.45) is 4.99 Å². The predicted octanol–water partition coefficient (Wildman–Crippen LogP) is 5.62. The molecule has 2 saturated heterocycles. The minimum atomic E-state index is -0.0714. The van der Waals surface area contributed by atoms with E-state index >= 15 is 0 Å². The lowest BCUT2D eigenvalue weighted by molar-refractivity contribution is -0.120. The van der Waals surface area contributed by atoms with Gasteiger partial charge in [0.25, 0.3) is 0 Å². The van der Waals surface area contributed by atoms with Gasteiger partial charge < -0.3 is 20.1 Å². The smallest absolute Gasteiger partial charge is 0.224 e. The van der Waals surface area contributed by atoms with Gasteiger partial charge >= 0.3 is 0 Å². The maximum absolute atomic E-state index is 11.7. The van der Waals surface area contributed by atoms with Crippen LogP contribution in [-0.2, 0) is 11.3 Å². The normalized spacial score (nSPS) is 17.1. The van der Waals surface area contributed by atoms with Gasteiger partial charge in [0.1, 0.15) is 5.84 Å². The molecule has 7 rings (SSSR count). The summed E-state index contributed by atoms with van der Waals surface area (Å²) in [5.41, 5.74) is 6.19. The molecule has 0 aliphatic carbocycles. The van der Waals surface area contributed by atoms with Crippen molar-refractivity contribution < 1.29 is 14.3 Å². The van der Waals surface area contributed by atoms with Crippen molar-refractivity contribution in [1.29, 1.82) is 0 Å². The number of carbonyl (C=O) groups excluding carboxylic acids is 1. The van der Waals surface area contributed by atoms with Crippen molar-refractivity contribution in [3.05, 3.63) is 81.8 Å². The molecule has 4 aromatic rings. The first kappa shape index (κ1) is 29.5. The minimum absolute atomic E-state index is 0.0714. The van der Waals surface area contributed by atoms with Crippen LogP contribution in [0.1, 0.15) is 24.0 Å². The minimum Gasteiger partial charge on any atom is -0.481 e. The van der Waals surface area contributed by atoms with Gasteiger partial charge in [0.15, 0.2) is 0 Å². The molecule has 230 valence electrons. The Kier molecular flexibility index (Phi) is 7.85. The molecule has 0 saturated carbocycles. The number of rotatable bonds is 8. The molecule has 2 N–H and O–H groups in total. The third kappa shape index (κ3) is 5.49. The lowest BCUT2D eigenvalue weighted by Crippen LogP contribution is -2.66. The van der Waals surface area contributed by atoms with Crippen LogP contribution in [0.2, 0.25) is 10.0 Å². The summed E-state index contributed by atoms with van der Waals surface area (Å²) >= 11 is 14.1. The molecule has 1 amide bonds. The van der Waals surface area contributed by atoms with Gasteiger partial charge in [0.05, 0.1) is 53.3 Å². The fourth-order valence-corrected chi connectivity index (χ4v) is 7.12. The molecule has 9 nitrogen and oxygen atoms in total. The van der Waals surface area contributed by atoms with E-state index in [9.17, 15) is 4.79 Å². The topological polar surface area (TPSA) is 101 Å². The Hall–Kier alpha value is -4.18. The second kappa shape index (κ2) is 12.0. The predicted molar refractivity (Wildman–Crippen MR) is 176 cm³/mol. The maximum atomic E-state index is 11.7. The van der Waals surface area contributed by atoms with Gasteiger partial charge in [-0.2, -0.15) is 0 Å². The summed E-state index contributed by atoms with van der Waals surface area (Å²) in [7, 11) is 3.22. The average molecular weight is 644 g/mol. The van der Waals surface area contributed by atoms with Crippen molar-refractivity contribution in [1.82, 2.24) is 25.5 Å². The summed E-state index contributed by atoms with van der Waals surface area (Å²) in [6.45, 7) is 3.87. The van der Waals surface area contributed by atoms with E-state index in [-0.39, 0.29) is 11.4 Å². The number of amidine groups is 1. The summed E-state index contributed by atoms with van der Waals surface area (Å²) in [5.74, 6) is 1.95. The van der Waals surface area contributed by atoms with E-state index in [1.165, 1.54) is 0 Å². The molecule has 5 heterocycles. The Labute approximate surface area is 271 Å². The fraction of sp³-hybridized carbons (Fsp3) is 0.294. The monoisotopic (exact) mass is 642 g/mol. The van der Waals surface area contributed by atoms with Gasteiger partial charge in [-0.25, -0.2) is 9.97 Å². The number of aliphatic imine (C=N–C) groups is 1. The molecule has 2 aromatic heterocycles. The Bertz CT molecular complexity index is 1840. The highest BCUT2D eigenvalue weighted by Gasteiger charge is 2.47. The molecule has 3 aliphatic rings. The fourth-order valence-electron chi connectivity index (χ4n) is 6.47. The summed E-state index contributed by atoms with van der Waals surface area (Å²) < 4.78 is 11.3. The quantitative estimate of drug-likeness (QED) is 0.257. The van der Waals surface area contributed by atoms with Crippen molar-refractivity contribution in [2.45, 2.75) is 24.9 Å². The van der Waals surface area contributed by atoms with Crippen molar-refractivity contribution >= 4 is 34.9 Å². The van der Waals surface area contributed by atoms with E-state index in [0.717, 1.165) is 71.8 Å². The molecule has 3 aliphatic heterocycles. The first-order valence-electron chi connectivity index (χ1n) is 14.9. The standard InChI is InChI=1S/C34H32Cl2N6O3/c1-44-32-20(17-42-18-34(19-42)14-13-28(43)41-34)9-11-26(39-32)23-7-3-5-21(29(23)35)22-6-4-8-24(30(22)36)27-12-10-25(33(40-27)45-2)31-37-15-16-38-31/h3-12H,13-19H2,1-2H3,(H,37,38)(H,41,43).